The summed E-state index contributed by atoms with van der Waals surface area (Å²) in [6, 6.07) is 0.537. The fraction of sp³-hybridized carbons (Fsp3) is 1.00. The van der Waals surface area contributed by atoms with Crippen molar-refractivity contribution in [3.63, 3.8) is 0 Å². The average molecular weight is 158 g/mol. The normalized spacial score (nSPS) is 34.1. The van der Waals surface area contributed by atoms with Crippen LogP contribution in [0.3, 0.4) is 0 Å². The van der Waals surface area contributed by atoms with Crippen LogP contribution in [0.4, 0.5) is 0 Å². The van der Waals surface area contributed by atoms with E-state index in [0.29, 0.717) is 12.1 Å². The van der Waals surface area contributed by atoms with E-state index < -0.39 is 0 Å². The lowest BCUT2D eigenvalue weighted by Gasteiger charge is -2.36. The second kappa shape index (κ2) is 4.04. The second-order valence-electron chi connectivity index (χ2n) is 3.28. The van der Waals surface area contributed by atoms with E-state index in [0.717, 1.165) is 26.2 Å². The Hall–Kier alpha value is -0.120. The number of morpholine rings is 1. The summed E-state index contributed by atoms with van der Waals surface area (Å²) in [5.74, 6) is 0. The first kappa shape index (κ1) is 8.97. The number of nitrogens with two attached hydrogens (primary N) is 1. The third-order valence-corrected chi connectivity index (χ3v) is 2.15. The molecule has 66 valence electrons. The van der Waals surface area contributed by atoms with Gasteiger partial charge in [0.25, 0.3) is 0 Å². The van der Waals surface area contributed by atoms with Crippen molar-refractivity contribution < 1.29 is 4.74 Å². The fourth-order valence-electron chi connectivity index (χ4n) is 1.45. The maximum Gasteiger partial charge on any atom is 0.0674 e. The molecule has 0 aromatic carbocycles. The van der Waals surface area contributed by atoms with E-state index in [9.17, 15) is 0 Å². The summed E-state index contributed by atoms with van der Waals surface area (Å²) in [4.78, 5) is 2.38. The van der Waals surface area contributed by atoms with Crippen LogP contribution in [0, 0.1) is 0 Å². The van der Waals surface area contributed by atoms with Gasteiger partial charge in [-0.3, -0.25) is 4.90 Å². The molecular formula is C8H18N2O. The molecule has 1 aliphatic rings. The standard InChI is InChI=1S/C8H18N2O/c1-7-6-11-8(2)5-10(7)4-3-9/h7-8H,3-6,9H2,1-2H3/t7-,8+/m1/s1. The van der Waals surface area contributed by atoms with Crippen LogP contribution in [0.15, 0.2) is 0 Å². The van der Waals surface area contributed by atoms with Crippen LogP contribution >= 0.6 is 0 Å². The summed E-state index contributed by atoms with van der Waals surface area (Å²) in [5.41, 5.74) is 5.48. The summed E-state index contributed by atoms with van der Waals surface area (Å²) in [7, 11) is 0. The van der Waals surface area contributed by atoms with E-state index >= 15 is 0 Å². The van der Waals surface area contributed by atoms with Crippen molar-refractivity contribution >= 4 is 0 Å². The van der Waals surface area contributed by atoms with Gasteiger partial charge < -0.3 is 10.5 Å². The summed E-state index contributed by atoms with van der Waals surface area (Å²) in [6.45, 7) is 7.91. The topological polar surface area (TPSA) is 38.5 Å². The molecule has 0 aromatic rings. The van der Waals surface area contributed by atoms with E-state index in [-0.39, 0.29) is 0 Å². The molecule has 0 amide bonds. The zero-order valence-electron chi connectivity index (χ0n) is 7.42. The molecular weight excluding hydrogens is 140 g/mol. The second-order valence-corrected chi connectivity index (χ2v) is 3.28. The van der Waals surface area contributed by atoms with Gasteiger partial charge >= 0.3 is 0 Å². The molecule has 1 fully saturated rings. The van der Waals surface area contributed by atoms with Gasteiger partial charge in [0.15, 0.2) is 0 Å². The predicted molar refractivity (Wildman–Crippen MR) is 45.5 cm³/mol. The molecule has 3 nitrogen and oxygen atoms in total. The Balaban J connectivity index is 2.34. The van der Waals surface area contributed by atoms with Crippen molar-refractivity contribution in [1.82, 2.24) is 4.90 Å². The van der Waals surface area contributed by atoms with Crippen molar-refractivity contribution in [1.29, 1.82) is 0 Å². The van der Waals surface area contributed by atoms with Gasteiger partial charge in [-0.15, -0.1) is 0 Å². The van der Waals surface area contributed by atoms with Crippen LogP contribution in [0.5, 0.6) is 0 Å². The Morgan fingerprint density at radius 1 is 1.55 bits per heavy atom. The summed E-state index contributed by atoms with van der Waals surface area (Å²) in [5, 5.41) is 0. The van der Waals surface area contributed by atoms with E-state index in [1.165, 1.54) is 0 Å². The lowest BCUT2D eigenvalue weighted by Crippen LogP contribution is -2.48. The lowest BCUT2D eigenvalue weighted by molar-refractivity contribution is -0.0479. The quantitative estimate of drug-likeness (QED) is 0.617. The lowest BCUT2D eigenvalue weighted by atomic mass is 10.2. The first-order valence-corrected chi connectivity index (χ1v) is 4.29. The fourth-order valence-corrected chi connectivity index (χ4v) is 1.45. The molecule has 11 heavy (non-hydrogen) atoms. The van der Waals surface area contributed by atoms with Gasteiger partial charge in [0, 0.05) is 25.7 Å². The highest BCUT2D eigenvalue weighted by Gasteiger charge is 2.21. The Morgan fingerprint density at radius 3 is 2.91 bits per heavy atom. The Labute approximate surface area is 68.5 Å². The van der Waals surface area contributed by atoms with Crippen molar-refractivity contribution in [3.05, 3.63) is 0 Å². The molecule has 2 N–H and O–H groups in total. The van der Waals surface area contributed by atoms with Crippen molar-refractivity contribution in [2.45, 2.75) is 26.0 Å². The van der Waals surface area contributed by atoms with Crippen LogP contribution in [-0.2, 0) is 4.74 Å². The van der Waals surface area contributed by atoms with Gasteiger partial charge in [0.2, 0.25) is 0 Å². The van der Waals surface area contributed by atoms with Gasteiger partial charge in [0.1, 0.15) is 0 Å². The van der Waals surface area contributed by atoms with Crippen molar-refractivity contribution in [2.24, 2.45) is 5.73 Å². The van der Waals surface area contributed by atoms with Gasteiger partial charge in [-0.2, -0.15) is 0 Å². The summed E-state index contributed by atoms with van der Waals surface area (Å²) < 4.78 is 5.48. The highest BCUT2D eigenvalue weighted by Crippen LogP contribution is 2.09. The molecule has 1 rings (SSSR count). The van der Waals surface area contributed by atoms with Crippen molar-refractivity contribution in [3.8, 4) is 0 Å². The van der Waals surface area contributed by atoms with Crippen LogP contribution in [0.1, 0.15) is 13.8 Å². The van der Waals surface area contributed by atoms with Crippen molar-refractivity contribution in [2.75, 3.05) is 26.2 Å². The highest BCUT2D eigenvalue weighted by molar-refractivity contribution is 4.74. The first-order valence-electron chi connectivity index (χ1n) is 4.29. The maximum absolute atomic E-state index is 5.48. The zero-order valence-corrected chi connectivity index (χ0v) is 7.42. The molecule has 3 heteroatoms. The minimum absolute atomic E-state index is 0.373. The number of hydrogen-bond donors (Lipinski definition) is 1. The number of ether oxygens (including phenoxy) is 1. The molecule has 1 aliphatic heterocycles. The number of hydrogen-bond acceptors (Lipinski definition) is 3. The highest BCUT2D eigenvalue weighted by atomic mass is 16.5. The summed E-state index contributed by atoms with van der Waals surface area (Å²) >= 11 is 0. The third kappa shape index (κ3) is 2.43. The molecule has 0 spiro atoms. The van der Waals surface area contributed by atoms with Gasteiger partial charge in [-0.05, 0) is 13.8 Å². The number of nitrogens with zero attached hydrogens (tertiary/aromatic N) is 1. The minimum atomic E-state index is 0.373. The maximum atomic E-state index is 5.48. The van der Waals surface area contributed by atoms with Gasteiger partial charge in [-0.1, -0.05) is 0 Å². The Bertz CT molecular complexity index is 119. The molecule has 0 bridgehead atoms. The first-order chi connectivity index (χ1) is 5.24. The number of rotatable bonds is 2. The Morgan fingerprint density at radius 2 is 2.27 bits per heavy atom. The zero-order chi connectivity index (χ0) is 8.27. The molecule has 0 radical (unpaired) electrons. The molecule has 1 saturated heterocycles. The van der Waals surface area contributed by atoms with Crippen LogP contribution < -0.4 is 5.73 Å². The SMILES string of the molecule is C[C@@H]1CO[C@@H](C)CN1CCN. The molecule has 1 heterocycles. The van der Waals surface area contributed by atoms with E-state index in [1.54, 1.807) is 0 Å². The molecule has 0 aliphatic carbocycles. The monoisotopic (exact) mass is 158 g/mol. The molecule has 0 aromatic heterocycles. The summed E-state index contributed by atoms with van der Waals surface area (Å²) in [6.07, 6.45) is 0.373. The largest absolute Gasteiger partial charge is 0.376 e. The van der Waals surface area contributed by atoms with E-state index in [2.05, 4.69) is 18.7 Å². The molecule has 0 saturated carbocycles. The Kier molecular flexibility index (Phi) is 3.30. The molecule has 2 atom stereocenters. The van der Waals surface area contributed by atoms with Crippen LogP contribution in [-0.4, -0.2) is 43.3 Å². The van der Waals surface area contributed by atoms with E-state index in [1.807, 2.05) is 0 Å². The smallest absolute Gasteiger partial charge is 0.0674 e. The molecule has 0 unspecified atom stereocenters. The van der Waals surface area contributed by atoms with Gasteiger partial charge in [0.05, 0.1) is 12.7 Å². The predicted octanol–water partition coefficient (Wildman–Crippen LogP) is 0.0543. The van der Waals surface area contributed by atoms with Gasteiger partial charge in [-0.25, -0.2) is 0 Å². The van der Waals surface area contributed by atoms with Crippen LogP contribution in [0.2, 0.25) is 0 Å². The van der Waals surface area contributed by atoms with Crippen LogP contribution in [0.25, 0.3) is 0 Å². The van der Waals surface area contributed by atoms with E-state index in [4.69, 9.17) is 10.5 Å². The average Bonchev–Trinajstić information content (AvgIpc) is 1.98. The minimum Gasteiger partial charge on any atom is -0.376 e. The third-order valence-electron chi connectivity index (χ3n) is 2.15.